The van der Waals surface area contributed by atoms with Gasteiger partial charge >= 0.3 is 0 Å². The van der Waals surface area contributed by atoms with E-state index in [4.69, 9.17) is 14.7 Å². The second-order valence-corrected chi connectivity index (χ2v) is 7.99. The van der Waals surface area contributed by atoms with Gasteiger partial charge in [0.1, 0.15) is 11.4 Å². The molecule has 0 saturated carbocycles. The fourth-order valence-corrected chi connectivity index (χ4v) is 4.39. The quantitative estimate of drug-likeness (QED) is 0.638. The van der Waals surface area contributed by atoms with Crippen molar-refractivity contribution in [3.8, 4) is 5.75 Å². The summed E-state index contributed by atoms with van der Waals surface area (Å²) < 4.78 is 6.39. The fraction of sp³-hybridized carbons (Fsp3) is 0.348. The molecule has 0 aliphatic carbocycles. The molecule has 2 aliphatic rings. The molecule has 28 heavy (non-hydrogen) atoms. The summed E-state index contributed by atoms with van der Waals surface area (Å²) in [6, 6.07) is 13.8. The van der Waals surface area contributed by atoms with Crippen LogP contribution in [0.1, 0.15) is 40.9 Å². The molecule has 5 rings (SSSR count). The Morgan fingerprint density at radius 2 is 1.71 bits per heavy atom. The average Bonchev–Trinajstić information content (AvgIpc) is 2.69. The zero-order valence-electron chi connectivity index (χ0n) is 16.2. The molecule has 5 nitrogen and oxygen atoms in total. The number of benzene rings is 2. The Balaban J connectivity index is 1.39. The summed E-state index contributed by atoms with van der Waals surface area (Å²) in [5, 5.41) is 0. The number of ketones is 1. The largest absolute Gasteiger partial charge is 0.486 e. The average molecular weight is 373 g/mol. The van der Waals surface area contributed by atoms with Gasteiger partial charge in [-0.05, 0) is 38.1 Å². The Labute approximate surface area is 164 Å². The number of carbonyl (C=O) groups is 1. The van der Waals surface area contributed by atoms with Gasteiger partial charge in [0.05, 0.1) is 28.7 Å². The van der Waals surface area contributed by atoms with Crippen molar-refractivity contribution in [2.24, 2.45) is 0 Å². The van der Waals surface area contributed by atoms with Crippen molar-refractivity contribution in [3.63, 3.8) is 0 Å². The van der Waals surface area contributed by atoms with E-state index in [-0.39, 0.29) is 5.78 Å². The molecular weight excluding hydrogens is 350 g/mol. The molecule has 1 saturated heterocycles. The molecule has 3 aromatic rings. The summed E-state index contributed by atoms with van der Waals surface area (Å²) >= 11 is 0. The van der Waals surface area contributed by atoms with Crippen LogP contribution in [0.4, 0.5) is 5.82 Å². The molecule has 0 unspecified atom stereocenters. The molecule has 1 aromatic heterocycles. The summed E-state index contributed by atoms with van der Waals surface area (Å²) in [5.74, 6) is 1.86. The fourth-order valence-electron chi connectivity index (χ4n) is 4.39. The van der Waals surface area contributed by atoms with E-state index in [0.29, 0.717) is 6.42 Å². The molecule has 3 heterocycles. The predicted molar refractivity (Wildman–Crippen MR) is 109 cm³/mol. The highest BCUT2D eigenvalue weighted by molar-refractivity contribution is 6.00. The van der Waals surface area contributed by atoms with Crippen molar-refractivity contribution in [1.29, 1.82) is 0 Å². The van der Waals surface area contributed by atoms with Crippen LogP contribution in [0.2, 0.25) is 0 Å². The monoisotopic (exact) mass is 373 g/mol. The first kappa shape index (κ1) is 17.2. The zero-order chi connectivity index (χ0) is 19.3. The maximum atomic E-state index is 12.7. The SMILES string of the molecule is Cc1ccc2c(c1)C(=O)CC1(CCN(c3nc4ccccc4nc3C)CC1)O2. The Kier molecular flexibility index (Phi) is 3.86. The molecule has 142 valence electrons. The van der Waals surface area contributed by atoms with E-state index in [2.05, 4.69) is 4.90 Å². The second-order valence-electron chi connectivity index (χ2n) is 7.99. The lowest BCUT2D eigenvalue weighted by molar-refractivity contribution is 0.0231. The lowest BCUT2D eigenvalue weighted by Gasteiger charge is -2.44. The van der Waals surface area contributed by atoms with Gasteiger partial charge in [-0.25, -0.2) is 9.97 Å². The van der Waals surface area contributed by atoms with Gasteiger partial charge in [-0.3, -0.25) is 4.79 Å². The van der Waals surface area contributed by atoms with Crippen molar-refractivity contribution >= 4 is 22.6 Å². The van der Waals surface area contributed by atoms with Gasteiger partial charge in [0.15, 0.2) is 11.6 Å². The first-order chi connectivity index (χ1) is 13.5. The van der Waals surface area contributed by atoms with Crippen molar-refractivity contribution in [1.82, 2.24) is 9.97 Å². The number of hydrogen-bond acceptors (Lipinski definition) is 5. The lowest BCUT2D eigenvalue weighted by atomic mass is 9.82. The smallest absolute Gasteiger partial charge is 0.170 e. The lowest BCUT2D eigenvalue weighted by Crippen LogP contribution is -2.51. The summed E-state index contributed by atoms with van der Waals surface area (Å²) in [6.07, 6.45) is 2.07. The molecule has 2 aliphatic heterocycles. The van der Waals surface area contributed by atoms with E-state index in [9.17, 15) is 4.79 Å². The van der Waals surface area contributed by atoms with Gasteiger partial charge in [-0.2, -0.15) is 0 Å². The van der Waals surface area contributed by atoms with E-state index < -0.39 is 5.60 Å². The maximum absolute atomic E-state index is 12.7. The molecule has 2 aromatic carbocycles. The molecule has 0 radical (unpaired) electrons. The minimum atomic E-state index is -0.395. The first-order valence-electron chi connectivity index (χ1n) is 9.84. The number of ether oxygens (including phenoxy) is 1. The van der Waals surface area contributed by atoms with Crippen molar-refractivity contribution in [2.75, 3.05) is 18.0 Å². The summed E-state index contributed by atoms with van der Waals surface area (Å²) in [6.45, 7) is 5.63. The van der Waals surface area contributed by atoms with E-state index in [1.54, 1.807) is 0 Å². The topological polar surface area (TPSA) is 55.3 Å². The van der Waals surface area contributed by atoms with E-state index in [1.165, 1.54) is 0 Å². The maximum Gasteiger partial charge on any atom is 0.170 e. The number of fused-ring (bicyclic) bond motifs is 2. The molecule has 1 fully saturated rings. The van der Waals surface area contributed by atoms with E-state index >= 15 is 0 Å². The van der Waals surface area contributed by atoms with Gasteiger partial charge < -0.3 is 9.64 Å². The van der Waals surface area contributed by atoms with Crippen LogP contribution < -0.4 is 9.64 Å². The van der Waals surface area contributed by atoms with E-state index in [0.717, 1.165) is 65.4 Å². The molecule has 0 bridgehead atoms. The number of anilines is 1. The summed E-state index contributed by atoms with van der Waals surface area (Å²) in [4.78, 5) is 24.6. The highest BCUT2D eigenvalue weighted by Crippen LogP contribution is 2.40. The number of nitrogens with zero attached hydrogens (tertiary/aromatic N) is 3. The second kappa shape index (κ2) is 6.30. The number of piperidine rings is 1. The number of rotatable bonds is 1. The Hall–Kier alpha value is -2.95. The normalized spacial score (nSPS) is 18.2. The van der Waals surface area contributed by atoms with Crippen LogP contribution >= 0.6 is 0 Å². The Morgan fingerprint density at radius 3 is 2.46 bits per heavy atom. The summed E-state index contributed by atoms with van der Waals surface area (Å²) in [5.41, 5.74) is 4.20. The van der Waals surface area contributed by atoms with Crippen LogP contribution in [-0.2, 0) is 0 Å². The number of aryl methyl sites for hydroxylation is 2. The molecule has 5 heteroatoms. The molecule has 0 N–H and O–H groups in total. The van der Waals surface area contributed by atoms with Gasteiger partial charge in [0, 0.05) is 25.9 Å². The van der Waals surface area contributed by atoms with Crippen molar-refractivity contribution < 1.29 is 9.53 Å². The number of hydrogen-bond donors (Lipinski definition) is 0. The van der Waals surface area contributed by atoms with Crippen LogP contribution in [0.3, 0.4) is 0 Å². The van der Waals surface area contributed by atoms with Gasteiger partial charge in [0.2, 0.25) is 0 Å². The van der Waals surface area contributed by atoms with Crippen LogP contribution in [0, 0.1) is 13.8 Å². The molecule has 1 spiro atoms. The standard InChI is InChI=1S/C23H23N3O2/c1-15-7-8-21-17(13-15)20(27)14-23(28-21)9-11-26(12-10-23)22-16(2)24-18-5-3-4-6-19(18)25-22/h3-8,13H,9-12,14H2,1-2H3. The van der Waals surface area contributed by atoms with E-state index in [1.807, 2.05) is 56.3 Å². The van der Waals surface area contributed by atoms with Crippen LogP contribution in [0.15, 0.2) is 42.5 Å². The van der Waals surface area contributed by atoms with Gasteiger partial charge in [-0.15, -0.1) is 0 Å². The Morgan fingerprint density at radius 1 is 1.00 bits per heavy atom. The molecular formula is C23H23N3O2. The van der Waals surface area contributed by atoms with Gasteiger partial charge in [-0.1, -0.05) is 23.8 Å². The highest BCUT2D eigenvalue weighted by Gasteiger charge is 2.43. The third kappa shape index (κ3) is 2.82. The molecule has 0 atom stereocenters. The third-order valence-corrected chi connectivity index (χ3v) is 5.94. The first-order valence-corrected chi connectivity index (χ1v) is 9.84. The third-order valence-electron chi connectivity index (χ3n) is 5.94. The number of Topliss-reactive ketones (excluding diaryl/α,β-unsaturated/α-hetero) is 1. The minimum Gasteiger partial charge on any atom is -0.486 e. The van der Waals surface area contributed by atoms with Crippen molar-refractivity contribution in [2.45, 2.75) is 38.7 Å². The Bertz CT molecular complexity index is 1080. The predicted octanol–water partition coefficient (Wildman–Crippen LogP) is 4.25. The van der Waals surface area contributed by atoms with Crippen LogP contribution in [-0.4, -0.2) is 34.4 Å². The molecule has 0 amide bonds. The van der Waals surface area contributed by atoms with Crippen LogP contribution in [0.25, 0.3) is 11.0 Å². The minimum absolute atomic E-state index is 0.195. The van der Waals surface area contributed by atoms with Crippen LogP contribution in [0.5, 0.6) is 5.75 Å². The van der Waals surface area contributed by atoms with Gasteiger partial charge in [0.25, 0.3) is 0 Å². The number of aromatic nitrogens is 2. The number of carbonyl (C=O) groups excluding carboxylic acids is 1. The number of para-hydroxylation sites is 2. The zero-order valence-corrected chi connectivity index (χ0v) is 16.2. The van der Waals surface area contributed by atoms with Crippen molar-refractivity contribution in [3.05, 3.63) is 59.3 Å². The highest BCUT2D eigenvalue weighted by atomic mass is 16.5. The summed E-state index contributed by atoms with van der Waals surface area (Å²) in [7, 11) is 0.